The van der Waals surface area contributed by atoms with Crippen molar-refractivity contribution >= 4 is 17.5 Å². The zero-order chi connectivity index (χ0) is 12.8. The van der Waals surface area contributed by atoms with Crippen molar-refractivity contribution < 1.29 is 9.53 Å². The molecule has 0 aliphatic heterocycles. The Morgan fingerprint density at radius 1 is 1.59 bits per heavy atom. The second-order valence-corrected chi connectivity index (χ2v) is 4.29. The van der Waals surface area contributed by atoms with Gasteiger partial charge in [-0.05, 0) is 19.1 Å². The quantitative estimate of drug-likeness (QED) is 0.843. The first-order valence-corrected chi connectivity index (χ1v) is 5.76. The van der Waals surface area contributed by atoms with Gasteiger partial charge in [0.05, 0.1) is 7.11 Å². The molecule has 1 atom stereocenters. The summed E-state index contributed by atoms with van der Waals surface area (Å²) in [6.07, 6.45) is 0.298. The van der Waals surface area contributed by atoms with Crippen LogP contribution in [0.5, 0.6) is 5.75 Å². The maximum atomic E-state index is 11.5. The van der Waals surface area contributed by atoms with Crippen molar-refractivity contribution in [2.75, 3.05) is 7.11 Å². The van der Waals surface area contributed by atoms with Crippen molar-refractivity contribution in [2.24, 2.45) is 5.73 Å². The van der Waals surface area contributed by atoms with Gasteiger partial charge in [0.15, 0.2) is 0 Å². The van der Waals surface area contributed by atoms with E-state index in [4.69, 9.17) is 22.1 Å². The molecule has 0 radical (unpaired) electrons. The first-order chi connectivity index (χ1) is 8.04. The molecule has 0 fully saturated rings. The lowest BCUT2D eigenvalue weighted by molar-refractivity contribution is -0.121. The summed E-state index contributed by atoms with van der Waals surface area (Å²) in [6, 6.07) is 5.22. The standard InChI is InChI=1S/C12H17ClN2O2/c1-8(14)6-12(16)15-7-9-10(13)4-3-5-11(9)17-2/h3-5,8H,6-7,14H2,1-2H3,(H,15,16). The van der Waals surface area contributed by atoms with Crippen molar-refractivity contribution in [3.8, 4) is 5.75 Å². The molecule has 1 unspecified atom stereocenters. The smallest absolute Gasteiger partial charge is 0.221 e. The molecule has 5 heteroatoms. The number of ether oxygens (including phenoxy) is 1. The molecule has 0 spiro atoms. The average molecular weight is 257 g/mol. The van der Waals surface area contributed by atoms with Crippen LogP contribution in [0.1, 0.15) is 18.9 Å². The molecule has 3 N–H and O–H groups in total. The summed E-state index contributed by atoms with van der Waals surface area (Å²) in [7, 11) is 1.57. The van der Waals surface area contributed by atoms with Crippen LogP contribution in [0, 0.1) is 0 Å². The summed E-state index contributed by atoms with van der Waals surface area (Å²) >= 11 is 6.04. The number of hydrogen-bond acceptors (Lipinski definition) is 3. The number of carbonyl (C=O) groups is 1. The van der Waals surface area contributed by atoms with Gasteiger partial charge in [-0.1, -0.05) is 17.7 Å². The van der Waals surface area contributed by atoms with Crippen LogP contribution in [0.25, 0.3) is 0 Å². The van der Waals surface area contributed by atoms with Gasteiger partial charge >= 0.3 is 0 Å². The van der Waals surface area contributed by atoms with E-state index >= 15 is 0 Å². The number of carbonyl (C=O) groups excluding carboxylic acids is 1. The number of hydrogen-bond donors (Lipinski definition) is 2. The van der Waals surface area contributed by atoms with Crippen molar-refractivity contribution in [3.63, 3.8) is 0 Å². The lowest BCUT2D eigenvalue weighted by Gasteiger charge is -2.12. The number of nitrogens with two attached hydrogens (primary N) is 1. The molecule has 1 rings (SSSR count). The minimum atomic E-state index is -0.150. The third kappa shape index (κ3) is 4.24. The van der Waals surface area contributed by atoms with E-state index in [0.717, 1.165) is 5.56 Å². The summed E-state index contributed by atoms with van der Waals surface area (Å²) < 4.78 is 5.18. The number of amides is 1. The van der Waals surface area contributed by atoms with Crippen LogP contribution >= 0.6 is 11.6 Å². The Morgan fingerprint density at radius 3 is 2.88 bits per heavy atom. The van der Waals surface area contributed by atoms with E-state index in [-0.39, 0.29) is 11.9 Å². The summed E-state index contributed by atoms with van der Waals surface area (Å²) in [6.45, 7) is 2.13. The van der Waals surface area contributed by atoms with Crippen LogP contribution in [0.3, 0.4) is 0 Å². The fraction of sp³-hybridized carbons (Fsp3) is 0.417. The van der Waals surface area contributed by atoms with E-state index in [1.165, 1.54) is 0 Å². The minimum absolute atomic E-state index is 0.0954. The molecule has 4 nitrogen and oxygen atoms in total. The van der Waals surface area contributed by atoms with Gasteiger partial charge in [-0.25, -0.2) is 0 Å². The molecular weight excluding hydrogens is 240 g/mol. The highest BCUT2D eigenvalue weighted by atomic mass is 35.5. The highest BCUT2D eigenvalue weighted by Gasteiger charge is 2.10. The molecule has 0 heterocycles. The van der Waals surface area contributed by atoms with Crippen LogP contribution in [0.15, 0.2) is 18.2 Å². The van der Waals surface area contributed by atoms with E-state index < -0.39 is 0 Å². The molecule has 0 aromatic heterocycles. The zero-order valence-electron chi connectivity index (χ0n) is 10.00. The fourth-order valence-corrected chi connectivity index (χ4v) is 1.69. The van der Waals surface area contributed by atoms with Gasteiger partial charge in [-0.2, -0.15) is 0 Å². The van der Waals surface area contributed by atoms with Crippen molar-refractivity contribution in [2.45, 2.75) is 25.9 Å². The van der Waals surface area contributed by atoms with Gasteiger partial charge in [0.2, 0.25) is 5.91 Å². The van der Waals surface area contributed by atoms with Gasteiger partial charge in [0, 0.05) is 29.6 Å². The van der Waals surface area contributed by atoms with Crippen LogP contribution in [-0.2, 0) is 11.3 Å². The van der Waals surface area contributed by atoms with E-state index in [1.807, 2.05) is 0 Å². The largest absolute Gasteiger partial charge is 0.496 e. The molecule has 0 saturated carbocycles. The van der Waals surface area contributed by atoms with Crippen LogP contribution in [0.2, 0.25) is 5.02 Å². The number of halogens is 1. The maximum absolute atomic E-state index is 11.5. The SMILES string of the molecule is COc1cccc(Cl)c1CNC(=O)CC(C)N. The predicted octanol–water partition coefficient (Wildman–Crippen LogP) is 1.70. The number of methoxy groups -OCH3 is 1. The first-order valence-electron chi connectivity index (χ1n) is 5.38. The van der Waals surface area contributed by atoms with Gasteiger partial charge in [0.25, 0.3) is 0 Å². The maximum Gasteiger partial charge on any atom is 0.221 e. The molecule has 94 valence electrons. The third-order valence-electron chi connectivity index (χ3n) is 2.27. The van der Waals surface area contributed by atoms with Crippen molar-refractivity contribution in [3.05, 3.63) is 28.8 Å². The highest BCUT2D eigenvalue weighted by molar-refractivity contribution is 6.31. The molecule has 17 heavy (non-hydrogen) atoms. The number of nitrogens with one attached hydrogen (secondary N) is 1. The Labute approximate surface area is 106 Å². The Morgan fingerprint density at radius 2 is 2.29 bits per heavy atom. The van der Waals surface area contributed by atoms with Gasteiger partial charge < -0.3 is 15.8 Å². The summed E-state index contributed by atoms with van der Waals surface area (Å²) in [5.41, 5.74) is 6.31. The molecule has 1 aromatic rings. The second-order valence-electron chi connectivity index (χ2n) is 3.88. The Hall–Kier alpha value is -1.26. The number of benzene rings is 1. The summed E-state index contributed by atoms with van der Waals surface area (Å²) in [5.74, 6) is 0.570. The fourth-order valence-electron chi connectivity index (χ4n) is 1.45. The minimum Gasteiger partial charge on any atom is -0.496 e. The zero-order valence-corrected chi connectivity index (χ0v) is 10.8. The Balaban J connectivity index is 2.65. The van der Waals surface area contributed by atoms with Crippen molar-refractivity contribution in [1.29, 1.82) is 0 Å². The van der Waals surface area contributed by atoms with Gasteiger partial charge in [0.1, 0.15) is 5.75 Å². The van der Waals surface area contributed by atoms with Crippen LogP contribution in [0.4, 0.5) is 0 Å². The topological polar surface area (TPSA) is 64.3 Å². The van der Waals surface area contributed by atoms with Crippen LogP contribution in [-0.4, -0.2) is 19.1 Å². The lowest BCUT2D eigenvalue weighted by atomic mass is 10.2. The first kappa shape index (κ1) is 13.8. The van der Waals surface area contributed by atoms with E-state index in [9.17, 15) is 4.79 Å². The highest BCUT2D eigenvalue weighted by Crippen LogP contribution is 2.25. The summed E-state index contributed by atoms with van der Waals surface area (Å²) in [5, 5.41) is 3.34. The molecule has 0 saturated heterocycles. The molecule has 0 aliphatic rings. The van der Waals surface area contributed by atoms with E-state index in [0.29, 0.717) is 23.7 Å². The summed E-state index contributed by atoms with van der Waals surface area (Å²) in [4.78, 5) is 11.5. The third-order valence-corrected chi connectivity index (χ3v) is 2.62. The van der Waals surface area contributed by atoms with Gasteiger partial charge in [-0.15, -0.1) is 0 Å². The Kier molecular flexibility index (Phi) is 5.25. The van der Waals surface area contributed by atoms with E-state index in [2.05, 4.69) is 5.32 Å². The second kappa shape index (κ2) is 6.47. The normalized spacial score (nSPS) is 12.0. The monoisotopic (exact) mass is 256 g/mol. The molecule has 0 aliphatic carbocycles. The molecule has 1 aromatic carbocycles. The Bertz CT molecular complexity index is 394. The predicted molar refractivity (Wildman–Crippen MR) is 68.1 cm³/mol. The molecule has 1 amide bonds. The molecule has 0 bridgehead atoms. The van der Waals surface area contributed by atoms with Crippen LogP contribution < -0.4 is 15.8 Å². The number of rotatable bonds is 5. The lowest BCUT2D eigenvalue weighted by Crippen LogP contribution is -2.29. The molecular formula is C12H17ClN2O2. The van der Waals surface area contributed by atoms with Gasteiger partial charge in [-0.3, -0.25) is 4.79 Å². The van der Waals surface area contributed by atoms with Crippen molar-refractivity contribution in [1.82, 2.24) is 5.32 Å². The van der Waals surface area contributed by atoms with E-state index in [1.54, 1.807) is 32.2 Å². The average Bonchev–Trinajstić information content (AvgIpc) is 2.26.